The second-order valence-corrected chi connectivity index (χ2v) is 2.19. The first-order chi connectivity index (χ1) is 5.27. The van der Waals surface area contributed by atoms with E-state index in [0.29, 0.717) is 5.89 Å². The zero-order valence-electron chi connectivity index (χ0n) is 6.79. The van der Waals surface area contributed by atoms with Crippen LogP contribution in [-0.4, -0.2) is 4.98 Å². The van der Waals surface area contributed by atoms with Crippen molar-refractivity contribution in [2.24, 2.45) is 0 Å². The van der Waals surface area contributed by atoms with Crippen molar-refractivity contribution in [3.05, 3.63) is 30.0 Å². The van der Waals surface area contributed by atoms with E-state index in [1.165, 1.54) is 0 Å². The Morgan fingerprint density at radius 1 is 1.55 bits per heavy atom. The minimum atomic E-state index is 0.674. The molecule has 0 aliphatic rings. The summed E-state index contributed by atoms with van der Waals surface area (Å²) in [6.07, 6.45) is 5.47. The normalized spacial score (nSPS) is 10.7. The van der Waals surface area contributed by atoms with Gasteiger partial charge in [0, 0.05) is 6.92 Å². The van der Waals surface area contributed by atoms with Gasteiger partial charge in [0.1, 0.15) is 5.69 Å². The van der Waals surface area contributed by atoms with Crippen LogP contribution in [0.4, 0.5) is 0 Å². The summed E-state index contributed by atoms with van der Waals surface area (Å²) in [6, 6.07) is 0. The first kappa shape index (κ1) is 7.79. The lowest BCUT2D eigenvalue weighted by atomic mass is 10.3. The maximum atomic E-state index is 5.28. The first-order valence-electron chi connectivity index (χ1n) is 3.50. The van der Waals surface area contributed by atoms with E-state index in [1.807, 2.05) is 26.0 Å². The molecule has 0 atom stereocenters. The average Bonchev–Trinajstić information content (AvgIpc) is 2.32. The Labute approximate surface area is 66.3 Å². The number of nitrogens with zero attached hydrogens (tertiary/aromatic N) is 1. The fraction of sp³-hybridized carbons (Fsp3) is 0.222. The molecule has 2 nitrogen and oxygen atoms in total. The molecule has 0 aromatic carbocycles. The SMILES string of the molecule is C=Cc1nc(C)oc1/C=C\C. The molecule has 1 aromatic rings. The topological polar surface area (TPSA) is 26.0 Å². The predicted octanol–water partition coefficient (Wildman–Crippen LogP) is 2.66. The van der Waals surface area contributed by atoms with Crippen LogP contribution in [0.5, 0.6) is 0 Å². The summed E-state index contributed by atoms with van der Waals surface area (Å²) in [5.74, 6) is 1.45. The molecule has 0 bridgehead atoms. The lowest BCUT2D eigenvalue weighted by molar-refractivity contribution is 0.513. The molecule has 58 valence electrons. The van der Waals surface area contributed by atoms with Crippen LogP contribution in [0, 0.1) is 6.92 Å². The average molecular weight is 149 g/mol. The molecule has 11 heavy (non-hydrogen) atoms. The van der Waals surface area contributed by atoms with E-state index in [-0.39, 0.29) is 0 Å². The maximum absolute atomic E-state index is 5.28. The molecule has 1 aromatic heterocycles. The molecule has 1 heterocycles. The summed E-state index contributed by atoms with van der Waals surface area (Å²) in [5, 5.41) is 0. The largest absolute Gasteiger partial charge is 0.441 e. The fourth-order valence-electron chi connectivity index (χ4n) is 0.876. The number of rotatable bonds is 2. The van der Waals surface area contributed by atoms with Gasteiger partial charge in [0.25, 0.3) is 0 Å². The van der Waals surface area contributed by atoms with E-state index in [4.69, 9.17) is 4.42 Å². The van der Waals surface area contributed by atoms with Crippen LogP contribution < -0.4 is 0 Å². The van der Waals surface area contributed by atoms with Gasteiger partial charge in [-0.15, -0.1) is 0 Å². The molecule has 0 fully saturated rings. The Morgan fingerprint density at radius 2 is 2.27 bits per heavy atom. The number of hydrogen-bond donors (Lipinski definition) is 0. The highest BCUT2D eigenvalue weighted by Crippen LogP contribution is 2.12. The zero-order chi connectivity index (χ0) is 8.27. The molecule has 0 radical (unpaired) electrons. The molecular weight excluding hydrogens is 138 g/mol. The fourth-order valence-corrected chi connectivity index (χ4v) is 0.876. The van der Waals surface area contributed by atoms with Crippen LogP contribution in [-0.2, 0) is 0 Å². The monoisotopic (exact) mass is 149 g/mol. The van der Waals surface area contributed by atoms with Gasteiger partial charge in [-0.05, 0) is 19.1 Å². The van der Waals surface area contributed by atoms with E-state index < -0.39 is 0 Å². The molecule has 0 unspecified atom stereocenters. The summed E-state index contributed by atoms with van der Waals surface area (Å²) < 4.78 is 5.28. The highest BCUT2D eigenvalue weighted by molar-refractivity contribution is 5.56. The molecule has 1 rings (SSSR count). The summed E-state index contributed by atoms with van der Waals surface area (Å²) in [7, 11) is 0. The van der Waals surface area contributed by atoms with Gasteiger partial charge in [0.05, 0.1) is 0 Å². The summed E-state index contributed by atoms with van der Waals surface area (Å²) in [5.41, 5.74) is 0.806. The Morgan fingerprint density at radius 3 is 2.82 bits per heavy atom. The molecule has 2 heteroatoms. The highest BCUT2D eigenvalue weighted by atomic mass is 16.4. The standard InChI is InChI=1S/C9H11NO/c1-4-6-9-8(5-2)10-7(3)11-9/h4-6H,2H2,1,3H3/b6-4-. The van der Waals surface area contributed by atoms with Crippen LogP contribution in [0.25, 0.3) is 12.2 Å². The van der Waals surface area contributed by atoms with Gasteiger partial charge in [-0.2, -0.15) is 0 Å². The molecule has 0 N–H and O–H groups in total. The van der Waals surface area contributed by atoms with Crippen LogP contribution in [0.2, 0.25) is 0 Å². The van der Waals surface area contributed by atoms with Crippen LogP contribution >= 0.6 is 0 Å². The Balaban J connectivity index is 3.11. The Kier molecular flexibility index (Phi) is 2.26. The number of aryl methyl sites for hydroxylation is 1. The maximum Gasteiger partial charge on any atom is 0.192 e. The van der Waals surface area contributed by atoms with Gasteiger partial charge in [-0.25, -0.2) is 4.98 Å². The number of hydrogen-bond acceptors (Lipinski definition) is 2. The van der Waals surface area contributed by atoms with Gasteiger partial charge < -0.3 is 4.42 Å². The lowest BCUT2D eigenvalue weighted by Crippen LogP contribution is -1.73. The first-order valence-corrected chi connectivity index (χ1v) is 3.50. The van der Waals surface area contributed by atoms with Gasteiger partial charge >= 0.3 is 0 Å². The van der Waals surface area contributed by atoms with Crippen molar-refractivity contribution in [2.45, 2.75) is 13.8 Å². The molecule has 0 saturated heterocycles. The van der Waals surface area contributed by atoms with Gasteiger partial charge in [-0.1, -0.05) is 12.7 Å². The van der Waals surface area contributed by atoms with Gasteiger partial charge in [0.15, 0.2) is 11.7 Å². The number of oxazole rings is 1. The minimum absolute atomic E-state index is 0.674. The number of allylic oxidation sites excluding steroid dienone is 1. The van der Waals surface area contributed by atoms with Crippen molar-refractivity contribution in [1.29, 1.82) is 0 Å². The van der Waals surface area contributed by atoms with Crippen molar-refractivity contribution in [1.82, 2.24) is 4.98 Å². The van der Waals surface area contributed by atoms with E-state index in [1.54, 1.807) is 6.08 Å². The molecule has 0 amide bonds. The highest BCUT2D eigenvalue weighted by Gasteiger charge is 2.02. The van der Waals surface area contributed by atoms with Gasteiger partial charge in [0.2, 0.25) is 0 Å². The van der Waals surface area contributed by atoms with E-state index in [9.17, 15) is 0 Å². The third kappa shape index (κ3) is 1.58. The van der Waals surface area contributed by atoms with Crippen molar-refractivity contribution >= 4 is 12.2 Å². The second-order valence-electron chi connectivity index (χ2n) is 2.19. The molecule has 0 aliphatic carbocycles. The Hall–Kier alpha value is -1.31. The second kappa shape index (κ2) is 3.19. The summed E-state index contributed by atoms with van der Waals surface area (Å²) in [4.78, 5) is 4.11. The van der Waals surface area contributed by atoms with Crippen LogP contribution in [0.15, 0.2) is 17.1 Å². The molecule has 0 saturated carbocycles. The van der Waals surface area contributed by atoms with E-state index >= 15 is 0 Å². The summed E-state index contributed by atoms with van der Waals surface area (Å²) >= 11 is 0. The van der Waals surface area contributed by atoms with E-state index in [2.05, 4.69) is 11.6 Å². The Bertz CT molecular complexity index is 284. The third-order valence-corrected chi connectivity index (χ3v) is 1.30. The third-order valence-electron chi connectivity index (χ3n) is 1.30. The zero-order valence-corrected chi connectivity index (χ0v) is 6.79. The van der Waals surface area contributed by atoms with Crippen molar-refractivity contribution < 1.29 is 4.42 Å². The predicted molar refractivity (Wildman–Crippen MR) is 46.0 cm³/mol. The van der Waals surface area contributed by atoms with Gasteiger partial charge in [-0.3, -0.25) is 0 Å². The van der Waals surface area contributed by atoms with Crippen LogP contribution in [0.1, 0.15) is 24.3 Å². The lowest BCUT2D eigenvalue weighted by Gasteiger charge is -1.83. The quantitative estimate of drug-likeness (QED) is 0.646. The molecule has 0 aliphatic heterocycles. The summed E-state index contributed by atoms with van der Waals surface area (Å²) in [6.45, 7) is 7.39. The smallest absolute Gasteiger partial charge is 0.192 e. The van der Waals surface area contributed by atoms with Crippen LogP contribution in [0.3, 0.4) is 0 Å². The number of aromatic nitrogens is 1. The minimum Gasteiger partial charge on any atom is -0.441 e. The van der Waals surface area contributed by atoms with Crippen molar-refractivity contribution in [2.75, 3.05) is 0 Å². The molecule has 0 spiro atoms. The van der Waals surface area contributed by atoms with Crippen molar-refractivity contribution in [3.63, 3.8) is 0 Å². The van der Waals surface area contributed by atoms with Crippen molar-refractivity contribution in [3.8, 4) is 0 Å². The molecular formula is C9H11NO. The van der Waals surface area contributed by atoms with E-state index in [0.717, 1.165) is 11.5 Å².